The van der Waals surface area contributed by atoms with Gasteiger partial charge in [-0.3, -0.25) is 4.90 Å². The van der Waals surface area contributed by atoms with E-state index < -0.39 is 0 Å². The number of rotatable bonds is 5. The van der Waals surface area contributed by atoms with Gasteiger partial charge in [0.05, 0.1) is 6.10 Å². The SMILES string of the molecule is CCc1ccc(C(O)CN2CCN(C)C(CC)C2)cc1. The zero-order chi connectivity index (χ0) is 14.5. The number of piperazine rings is 1. The van der Waals surface area contributed by atoms with E-state index in [4.69, 9.17) is 0 Å². The number of aryl methyl sites for hydroxylation is 1. The molecule has 1 aliphatic heterocycles. The number of hydrogen-bond acceptors (Lipinski definition) is 3. The number of hydrogen-bond donors (Lipinski definition) is 1. The van der Waals surface area contributed by atoms with Crippen molar-refractivity contribution < 1.29 is 5.11 Å². The van der Waals surface area contributed by atoms with E-state index in [0.29, 0.717) is 6.04 Å². The van der Waals surface area contributed by atoms with Crippen molar-refractivity contribution in [2.45, 2.75) is 38.8 Å². The van der Waals surface area contributed by atoms with Crippen LogP contribution in [0.25, 0.3) is 0 Å². The number of nitrogens with zero attached hydrogens (tertiary/aromatic N) is 2. The van der Waals surface area contributed by atoms with Crippen LogP contribution in [0.15, 0.2) is 24.3 Å². The Hall–Kier alpha value is -0.900. The molecule has 2 atom stereocenters. The van der Waals surface area contributed by atoms with Crippen LogP contribution in [-0.4, -0.2) is 54.2 Å². The van der Waals surface area contributed by atoms with Crippen molar-refractivity contribution in [2.75, 3.05) is 33.2 Å². The Labute approximate surface area is 123 Å². The first-order valence-corrected chi connectivity index (χ1v) is 7.83. The largest absolute Gasteiger partial charge is 0.387 e. The zero-order valence-corrected chi connectivity index (χ0v) is 13.0. The third-order valence-corrected chi connectivity index (χ3v) is 4.54. The van der Waals surface area contributed by atoms with Gasteiger partial charge in [0.1, 0.15) is 0 Å². The Morgan fingerprint density at radius 3 is 2.50 bits per heavy atom. The number of benzene rings is 1. The van der Waals surface area contributed by atoms with Crippen molar-refractivity contribution >= 4 is 0 Å². The summed E-state index contributed by atoms with van der Waals surface area (Å²) in [4.78, 5) is 4.82. The molecule has 1 aromatic rings. The summed E-state index contributed by atoms with van der Waals surface area (Å²) in [5.41, 5.74) is 2.36. The Bertz CT molecular complexity index is 404. The molecule has 2 rings (SSSR count). The Balaban J connectivity index is 1.91. The lowest BCUT2D eigenvalue weighted by Crippen LogP contribution is -2.51. The van der Waals surface area contributed by atoms with E-state index in [9.17, 15) is 5.11 Å². The maximum Gasteiger partial charge on any atom is 0.0916 e. The van der Waals surface area contributed by atoms with Crippen LogP contribution in [0.2, 0.25) is 0 Å². The highest BCUT2D eigenvalue weighted by atomic mass is 16.3. The highest BCUT2D eigenvalue weighted by Crippen LogP contribution is 2.18. The molecule has 1 heterocycles. The summed E-state index contributed by atoms with van der Waals surface area (Å²) in [6, 6.07) is 9.00. The van der Waals surface area contributed by atoms with Crippen molar-refractivity contribution in [3.8, 4) is 0 Å². The van der Waals surface area contributed by atoms with Crippen molar-refractivity contribution in [1.29, 1.82) is 0 Å². The van der Waals surface area contributed by atoms with Crippen molar-refractivity contribution in [1.82, 2.24) is 9.80 Å². The highest BCUT2D eigenvalue weighted by Gasteiger charge is 2.24. The molecule has 1 aromatic carbocycles. The molecular formula is C17H28N2O. The number of aliphatic hydroxyl groups is 1. The minimum atomic E-state index is -0.373. The summed E-state index contributed by atoms with van der Waals surface area (Å²) in [5, 5.41) is 10.4. The maximum atomic E-state index is 10.4. The quantitative estimate of drug-likeness (QED) is 0.894. The smallest absolute Gasteiger partial charge is 0.0916 e. The first-order valence-electron chi connectivity index (χ1n) is 7.83. The number of β-amino-alcohol motifs (C(OH)–C–C–N with tert-alkyl or cyclic N) is 1. The van der Waals surface area contributed by atoms with Crippen LogP contribution in [0, 0.1) is 0 Å². The molecule has 0 amide bonds. The van der Waals surface area contributed by atoms with Gasteiger partial charge in [0, 0.05) is 32.2 Å². The number of likely N-dealkylation sites (N-methyl/N-ethyl adjacent to an activating group) is 1. The molecule has 20 heavy (non-hydrogen) atoms. The zero-order valence-electron chi connectivity index (χ0n) is 13.0. The predicted molar refractivity (Wildman–Crippen MR) is 83.9 cm³/mol. The van der Waals surface area contributed by atoms with Crippen LogP contribution >= 0.6 is 0 Å². The second-order valence-corrected chi connectivity index (χ2v) is 5.91. The molecular weight excluding hydrogens is 248 g/mol. The molecule has 3 nitrogen and oxygen atoms in total. The third kappa shape index (κ3) is 3.81. The van der Waals surface area contributed by atoms with Crippen LogP contribution in [0.3, 0.4) is 0 Å². The summed E-state index contributed by atoms with van der Waals surface area (Å²) < 4.78 is 0. The summed E-state index contributed by atoms with van der Waals surface area (Å²) in [6.45, 7) is 8.36. The van der Waals surface area contributed by atoms with Crippen LogP contribution in [0.1, 0.15) is 37.5 Å². The molecule has 1 fully saturated rings. The van der Waals surface area contributed by atoms with E-state index in [1.807, 2.05) is 0 Å². The summed E-state index contributed by atoms with van der Waals surface area (Å²) in [6.07, 6.45) is 1.85. The van der Waals surface area contributed by atoms with E-state index in [1.165, 1.54) is 12.0 Å². The third-order valence-electron chi connectivity index (χ3n) is 4.54. The molecule has 1 saturated heterocycles. The van der Waals surface area contributed by atoms with Gasteiger partial charge in [-0.1, -0.05) is 38.1 Å². The van der Waals surface area contributed by atoms with Crippen molar-refractivity contribution in [2.24, 2.45) is 0 Å². The van der Waals surface area contributed by atoms with E-state index in [1.54, 1.807) is 0 Å². The molecule has 0 aliphatic carbocycles. The topological polar surface area (TPSA) is 26.7 Å². The van der Waals surface area contributed by atoms with Gasteiger partial charge in [-0.2, -0.15) is 0 Å². The molecule has 1 aliphatic rings. The van der Waals surface area contributed by atoms with Gasteiger partial charge in [0.15, 0.2) is 0 Å². The standard InChI is InChI=1S/C17H28N2O/c1-4-14-6-8-15(9-7-14)17(20)13-19-11-10-18(3)16(5-2)12-19/h6-9,16-17,20H,4-5,10-13H2,1-3H3. The van der Waals surface area contributed by atoms with Crippen molar-refractivity contribution in [3.05, 3.63) is 35.4 Å². The second kappa shape index (κ2) is 7.21. The normalized spacial score (nSPS) is 22.9. The molecule has 0 bridgehead atoms. The van der Waals surface area contributed by atoms with Crippen LogP contribution in [0.5, 0.6) is 0 Å². The minimum absolute atomic E-state index is 0.373. The van der Waals surface area contributed by atoms with Gasteiger partial charge in [0.25, 0.3) is 0 Å². The lowest BCUT2D eigenvalue weighted by atomic mass is 10.0. The molecule has 2 unspecified atom stereocenters. The minimum Gasteiger partial charge on any atom is -0.387 e. The van der Waals surface area contributed by atoms with E-state index in [2.05, 4.69) is 55.0 Å². The lowest BCUT2D eigenvalue weighted by molar-refractivity contribution is 0.0502. The maximum absolute atomic E-state index is 10.4. The van der Waals surface area contributed by atoms with E-state index >= 15 is 0 Å². The fourth-order valence-corrected chi connectivity index (χ4v) is 2.94. The molecule has 112 valence electrons. The van der Waals surface area contributed by atoms with Gasteiger partial charge in [-0.15, -0.1) is 0 Å². The monoisotopic (exact) mass is 276 g/mol. The van der Waals surface area contributed by atoms with Crippen LogP contribution < -0.4 is 0 Å². The molecule has 3 heteroatoms. The van der Waals surface area contributed by atoms with Gasteiger partial charge in [-0.25, -0.2) is 0 Å². The van der Waals surface area contributed by atoms with E-state index in [-0.39, 0.29) is 6.10 Å². The Morgan fingerprint density at radius 2 is 1.90 bits per heavy atom. The molecule has 0 spiro atoms. The van der Waals surface area contributed by atoms with Crippen LogP contribution in [-0.2, 0) is 6.42 Å². The fourth-order valence-electron chi connectivity index (χ4n) is 2.94. The highest BCUT2D eigenvalue weighted by molar-refractivity contribution is 5.24. The van der Waals surface area contributed by atoms with E-state index in [0.717, 1.165) is 38.2 Å². The first-order chi connectivity index (χ1) is 9.63. The molecule has 0 radical (unpaired) electrons. The fraction of sp³-hybridized carbons (Fsp3) is 0.647. The van der Waals surface area contributed by atoms with Gasteiger partial charge < -0.3 is 10.0 Å². The number of aliphatic hydroxyl groups excluding tert-OH is 1. The molecule has 0 saturated carbocycles. The summed E-state index contributed by atoms with van der Waals surface area (Å²) in [7, 11) is 2.20. The summed E-state index contributed by atoms with van der Waals surface area (Å²) in [5.74, 6) is 0. The molecule has 0 aromatic heterocycles. The average Bonchev–Trinajstić information content (AvgIpc) is 2.49. The average molecular weight is 276 g/mol. The van der Waals surface area contributed by atoms with Gasteiger partial charge in [0.2, 0.25) is 0 Å². The Morgan fingerprint density at radius 1 is 1.20 bits per heavy atom. The Kier molecular flexibility index (Phi) is 5.58. The molecule has 1 N–H and O–H groups in total. The van der Waals surface area contributed by atoms with Gasteiger partial charge in [-0.05, 0) is 31.0 Å². The van der Waals surface area contributed by atoms with Gasteiger partial charge >= 0.3 is 0 Å². The predicted octanol–water partition coefficient (Wildman–Crippen LogP) is 2.31. The van der Waals surface area contributed by atoms with Crippen molar-refractivity contribution in [3.63, 3.8) is 0 Å². The lowest BCUT2D eigenvalue weighted by Gasteiger charge is -2.39. The second-order valence-electron chi connectivity index (χ2n) is 5.91. The van der Waals surface area contributed by atoms with Crippen LogP contribution in [0.4, 0.5) is 0 Å². The summed E-state index contributed by atoms with van der Waals surface area (Å²) >= 11 is 0. The first kappa shape index (κ1) is 15.5.